The third kappa shape index (κ3) is 1.17. The predicted octanol–water partition coefficient (Wildman–Crippen LogP) is -1.56. The standard InChI is InChI=1S/C2H2N4O4/c7-2-1-3-5(6(8)9)10-4-2/h1H,(H,4,7). The van der Waals surface area contributed by atoms with E-state index >= 15 is 0 Å². The van der Waals surface area contributed by atoms with Crippen LogP contribution in [0.4, 0.5) is 0 Å². The van der Waals surface area contributed by atoms with Gasteiger partial charge >= 0.3 is 5.91 Å². The molecule has 0 aromatic rings. The molecule has 0 fully saturated rings. The average molecular weight is 146 g/mol. The summed E-state index contributed by atoms with van der Waals surface area (Å²) in [6, 6.07) is 0. The average Bonchev–Trinajstić information content (AvgIpc) is 1.88. The minimum absolute atomic E-state index is 0.0292. The molecule has 1 N–H and O–H groups in total. The van der Waals surface area contributed by atoms with Gasteiger partial charge in [-0.25, -0.2) is 0 Å². The summed E-state index contributed by atoms with van der Waals surface area (Å²) in [4.78, 5) is 24.0. The lowest BCUT2D eigenvalue weighted by molar-refractivity contribution is -0.742. The first-order valence-corrected chi connectivity index (χ1v) is 2.15. The van der Waals surface area contributed by atoms with Gasteiger partial charge in [0, 0.05) is 0 Å². The van der Waals surface area contributed by atoms with E-state index in [1.54, 1.807) is 5.48 Å². The van der Waals surface area contributed by atoms with Crippen molar-refractivity contribution in [1.82, 2.24) is 10.8 Å². The Bertz CT molecular complexity index is 199. The van der Waals surface area contributed by atoms with Crippen LogP contribution in [0.3, 0.4) is 0 Å². The Kier molecular flexibility index (Phi) is 1.46. The molecule has 0 saturated heterocycles. The van der Waals surface area contributed by atoms with Gasteiger partial charge in [-0.3, -0.25) is 4.79 Å². The van der Waals surface area contributed by atoms with Crippen molar-refractivity contribution in [2.24, 2.45) is 5.10 Å². The molecule has 1 rings (SSSR count). The number of hydrogen-bond acceptors (Lipinski definition) is 5. The summed E-state index contributed by atoms with van der Waals surface area (Å²) in [7, 11) is 0. The van der Waals surface area contributed by atoms with Crippen LogP contribution in [0.1, 0.15) is 0 Å². The molecule has 0 unspecified atom stereocenters. The highest BCUT2D eigenvalue weighted by atomic mass is 16.9. The summed E-state index contributed by atoms with van der Waals surface area (Å²) < 4.78 is 0. The fourth-order valence-corrected chi connectivity index (χ4v) is 0.313. The zero-order valence-corrected chi connectivity index (χ0v) is 4.55. The maximum absolute atomic E-state index is 10.2. The second-order valence-electron chi connectivity index (χ2n) is 1.29. The smallest absolute Gasteiger partial charge is 0.316 e. The second-order valence-corrected chi connectivity index (χ2v) is 1.29. The van der Waals surface area contributed by atoms with Crippen LogP contribution in [-0.4, -0.2) is 22.4 Å². The Hall–Kier alpha value is -1.70. The number of hydrazone groups is 1. The van der Waals surface area contributed by atoms with Crippen molar-refractivity contribution in [2.45, 2.75) is 0 Å². The lowest BCUT2D eigenvalue weighted by Gasteiger charge is -2.08. The second kappa shape index (κ2) is 2.27. The van der Waals surface area contributed by atoms with E-state index in [0.29, 0.717) is 0 Å². The summed E-state index contributed by atoms with van der Waals surface area (Å²) >= 11 is 0. The normalized spacial score (nSPS) is 16.8. The van der Waals surface area contributed by atoms with Gasteiger partial charge in [0.1, 0.15) is 0 Å². The van der Waals surface area contributed by atoms with Crippen molar-refractivity contribution in [3.63, 3.8) is 0 Å². The van der Waals surface area contributed by atoms with Crippen molar-refractivity contribution in [3.05, 3.63) is 10.1 Å². The van der Waals surface area contributed by atoms with Gasteiger partial charge in [-0.05, 0) is 0 Å². The fourth-order valence-electron chi connectivity index (χ4n) is 0.313. The summed E-state index contributed by atoms with van der Waals surface area (Å²) in [5, 5.41) is 11.9. The summed E-state index contributed by atoms with van der Waals surface area (Å²) in [5.41, 5.74) is 1.71. The van der Waals surface area contributed by atoms with E-state index in [9.17, 15) is 14.9 Å². The quantitative estimate of drug-likeness (QED) is 0.356. The SMILES string of the molecule is O=C1C=NN([N+](=O)[O-])ON1. The number of hydrazine groups is 1. The van der Waals surface area contributed by atoms with Crippen LogP contribution in [-0.2, 0) is 9.73 Å². The first kappa shape index (κ1) is 6.42. The number of carbonyl (C=O) groups is 1. The lowest BCUT2D eigenvalue weighted by Crippen LogP contribution is -2.40. The number of nitrogens with one attached hydrogen (secondary N) is 1. The molecule has 0 radical (unpaired) electrons. The molecule has 0 aromatic carbocycles. The molecule has 10 heavy (non-hydrogen) atoms. The number of hydroxylamine groups is 1. The van der Waals surface area contributed by atoms with Crippen molar-refractivity contribution < 1.29 is 14.8 Å². The van der Waals surface area contributed by atoms with Crippen molar-refractivity contribution in [2.75, 3.05) is 0 Å². The van der Waals surface area contributed by atoms with Crippen LogP contribution in [0.2, 0.25) is 0 Å². The minimum Gasteiger partial charge on any atom is -0.337 e. The molecular weight excluding hydrogens is 144 g/mol. The van der Waals surface area contributed by atoms with Crippen LogP contribution in [0.15, 0.2) is 5.10 Å². The van der Waals surface area contributed by atoms with Crippen LogP contribution in [0.5, 0.6) is 0 Å². The number of amides is 1. The van der Waals surface area contributed by atoms with E-state index in [1.807, 2.05) is 0 Å². The molecule has 1 amide bonds. The van der Waals surface area contributed by atoms with Crippen molar-refractivity contribution >= 4 is 12.1 Å². The number of carbonyl (C=O) groups excluding carboxylic acids is 1. The molecule has 0 atom stereocenters. The van der Waals surface area contributed by atoms with Gasteiger partial charge in [-0.15, -0.1) is 0 Å². The highest BCUT2D eigenvalue weighted by molar-refractivity contribution is 6.25. The number of nitrogens with zero attached hydrogens (tertiary/aromatic N) is 3. The molecule has 0 saturated carbocycles. The molecule has 1 aliphatic heterocycles. The maximum atomic E-state index is 10.2. The van der Waals surface area contributed by atoms with Gasteiger partial charge in [0.25, 0.3) is 0 Å². The third-order valence-corrected chi connectivity index (χ3v) is 0.641. The lowest BCUT2D eigenvalue weighted by atomic mass is 10.7. The summed E-state index contributed by atoms with van der Waals surface area (Å²) in [6.45, 7) is 0. The Balaban J connectivity index is 2.61. The van der Waals surface area contributed by atoms with E-state index in [4.69, 9.17) is 0 Å². The van der Waals surface area contributed by atoms with E-state index in [1.165, 1.54) is 0 Å². The van der Waals surface area contributed by atoms with Gasteiger partial charge in [0.2, 0.25) is 6.21 Å². The molecule has 0 bridgehead atoms. The monoisotopic (exact) mass is 146 g/mol. The van der Waals surface area contributed by atoms with E-state index in [2.05, 4.69) is 10.0 Å². The highest BCUT2D eigenvalue weighted by Gasteiger charge is 2.20. The van der Waals surface area contributed by atoms with E-state index in [-0.39, 0.29) is 5.28 Å². The zero-order chi connectivity index (χ0) is 7.56. The zero-order valence-electron chi connectivity index (χ0n) is 4.55. The topological polar surface area (TPSA) is 97.1 Å². The van der Waals surface area contributed by atoms with Crippen molar-refractivity contribution in [1.29, 1.82) is 0 Å². The molecular formula is C2H2N4O4. The van der Waals surface area contributed by atoms with Crippen LogP contribution < -0.4 is 5.48 Å². The molecule has 0 aromatic heterocycles. The first-order chi connectivity index (χ1) is 4.70. The van der Waals surface area contributed by atoms with Gasteiger partial charge in [-0.2, -0.15) is 5.48 Å². The van der Waals surface area contributed by atoms with Gasteiger partial charge in [0.15, 0.2) is 5.28 Å². The van der Waals surface area contributed by atoms with E-state index < -0.39 is 10.9 Å². The summed E-state index contributed by atoms with van der Waals surface area (Å²) in [5.74, 6) is -0.641. The van der Waals surface area contributed by atoms with Crippen molar-refractivity contribution in [3.8, 4) is 0 Å². The Morgan fingerprint density at radius 1 is 1.90 bits per heavy atom. The van der Waals surface area contributed by atoms with Gasteiger partial charge in [0.05, 0.1) is 10.1 Å². The van der Waals surface area contributed by atoms with E-state index in [0.717, 1.165) is 6.21 Å². The highest BCUT2D eigenvalue weighted by Crippen LogP contribution is 1.91. The van der Waals surface area contributed by atoms with Gasteiger partial charge in [-0.1, -0.05) is 4.94 Å². The fraction of sp³-hybridized carbons (Fsp3) is 0. The van der Waals surface area contributed by atoms with Crippen LogP contribution >= 0.6 is 0 Å². The summed E-state index contributed by atoms with van der Waals surface area (Å²) in [6.07, 6.45) is 0.728. The first-order valence-electron chi connectivity index (χ1n) is 2.15. The Morgan fingerprint density at radius 3 is 3.00 bits per heavy atom. The maximum Gasteiger partial charge on any atom is 0.316 e. The largest absolute Gasteiger partial charge is 0.337 e. The number of rotatable bonds is 1. The van der Waals surface area contributed by atoms with Crippen LogP contribution in [0, 0.1) is 10.1 Å². The molecule has 8 nitrogen and oxygen atoms in total. The predicted molar refractivity (Wildman–Crippen MR) is 26.6 cm³/mol. The Labute approximate surface area is 54.1 Å². The molecule has 8 heteroatoms. The minimum atomic E-state index is -0.935. The van der Waals surface area contributed by atoms with Gasteiger partial charge < -0.3 is 10.1 Å². The molecule has 54 valence electrons. The van der Waals surface area contributed by atoms with Crippen LogP contribution in [0.25, 0.3) is 0 Å². The molecule has 1 aliphatic rings. The number of nitro groups is 1. The Morgan fingerprint density at radius 2 is 2.60 bits per heavy atom. The molecule has 1 heterocycles. The molecule has 0 spiro atoms. The number of hydrogen-bond donors (Lipinski definition) is 1. The molecule has 0 aliphatic carbocycles. The third-order valence-electron chi connectivity index (χ3n) is 0.641.